The fourth-order valence-corrected chi connectivity index (χ4v) is 11.6. The van der Waals surface area contributed by atoms with Crippen LogP contribution in [0.4, 0.5) is 0 Å². The normalized spacial score (nSPS) is 24.3. The van der Waals surface area contributed by atoms with E-state index in [1.165, 1.54) is 17.0 Å². The van der Waals surface area contributed by atoms with Crippen molar-refractivity contribution in [3.8, 4) is 5.75 Å². The number of rotatable bonds is 19. The van der Waals surface area contributed by atoms with Gasteiger partial charge in [-0.05, 0) is 117 Å². The monoisotopic (exact) mass is 1230 g/mol. The second kappa shape index (κ2) is 34.1. The van der Waals surface area contributed by atoms with Gasteiger partial charge in [0.25, 0.3) is 0 Å². The number of amides is 8. The van der Waals surface area contributed by atoms with Crippen LogP contribution < -0.4 is 43.4 Å². The highest BCUT2D eigenvalue weighted by molar-refractivity contribution is 6.01. The molecule has 6 rings (SSSR count). The van der Waals surface area contributed by atoms with E-state index in [9.17, 15) is 48.6 Å². The smallest absolute Gasteiger partial charge is 0.303 e. The van der Waals surface area contributed by atoms with Crippen molar-refractivity contribution in [3.05, 3.63) is 138 Å². The number of carboxylic acids is 1. The van der Waals surface area contributed by atoms with Crippen molar-refractivity contribution in [2.75, 3.05) is 13.1 Å². The lowest BCUT2D eigenvalue weighted by Crippen LogP contribution is -2.59. The number of ketones is 2. The minimum absolute atomic E-state index is 0.0208. The molecule has 2 saturated heterocycles. The molecule has 0 bridgehead atoms. The zero-order chi connectivity index (χ0) is 64.7. The zero-order valence-electron chi connectivity index (χ0n) is 51.2. The van der Waals surface area contributed by atoms with Crippen molar-refractivity contribution < 1.29 is 63.0 Å². The summed E-state index contributed by atoms with van der Waals surface area (Å²) in [6, 6.07) is 22.7. The number of aromatic hydroxyl groups is 1. The average molecular weight is 1230 g/mol. The molecule has 22 heteroatoms. The molecule has 0 aliphatic carbocycles. The van der Waals surface area contributed by atoms with Crippen LogP contribution >= 0.6 is 0 Å². The number of carbonyl (C=O) groups excluding carboxylic acids is 10. The van der Waals surface area contributed by atoms with Gasteiger partial charge in [-0.1, -0.05) is 131 Å². The van der Waals surface area contributed by atoms with Crippen LogP contribution in [-0.4, -0.2) is 135 Å². The van der Waals surface area contributed by atoms with Crippen molar-refractivity contribution in [3.63, 3.8) is 0 Å². The number of aliphatic carboxylic acids is 1. The Morgan fingerprint density at radius 2 is 1.07 bits per heavy atom. The molecule has 12 N–H and O–H groups in total. The Labute approximate surface area is 519 Å². The van der Waals surface area contributed by atoms with E-state index in [0.717, 1.165) is 5.56 Å². The molecular formula is C67H87N9O13. The van der Waals surface area contributed by atoms with E-state index in [0.29, 0.717) is 23.1 Å². The number of nitrogens with two attached hydrogens (primary N) is 2. The van der Waals surface area contributed by atoms with E-state index in [-0.39, 0.29) is 95.4 Å². The minimum Gasteiger partial charge on any atom is -0.508 e. The van der Waals surface area contributed by atoms with E-state index >= 15 is 14.4 Å². The first-order valence-corrected chi connectivity index (χ1v) is 30.8. The van der Waals surface area contributed by atoms with Crippen LogP contribution in [0.15, 0.2) is 115 Å². The maximum atomic E-state index is 15.2. The highest BCUT2D eigenvalue weighted by Crippen LogP contribution is 2.28. The topological polar surface area (TPSA) is 356 Å². The molecule has 10 atom stereocenters. The number of nitrogens with one attached hydrogen (secondary N) is 6. The molecule has 0 unspecified atom stereocenters. The summed E-state index contributed by atoms with van der Waals surface area (Å²) in [7, 11) is 0. The number of fused-ring (bicyclic) bond motifs is 1. The fraction of sp³-hybridized carbons (Fsp3) is 0.478. The van der Waals surface area contributed by atoms with Crippen molar-refractivity contribution in [2.24, 2.45) is 41.1 Å². The summed E-state index contributed by atoms with van der Waals surface area (Å²) in [6.07, 6.45) is -1.80. The largest absolute Gasteiger partial charge is 0.508 e. The third-order valence-electron chi connectivity index (χ3n) is 16.3. The first kappa shape index (κ1) is 69.3. The van der Waals surface area contributed by atoms with Gasteiger partial charge in [0, 0.05) is 43.6 Å². The van der Waals surface area contributed by atoms with Crippen LogP contribution in [0.5, 0.6) is 5.75 Å². The SMILES string of the molecule is CC(C)C[C@@H]1NC(=O)[C@H](CCCN)NC(=O)[C@H](C(C)C)NC(=O)[C@H](Cc2ccc(O)cc2)C[C@@H](CCC(=O)O)C(=O)N[C@@H](CC(N)=O)C(=O)[C@@H](Cc2ccccc2)NC(=O)[C@H](Cc2ccccc2)NC(=O)[C@@H]2CCCN2C(=O)[C@@H](Cc2ccccc2)CC1=O. The van der Waals surface area contributed by atoms with Gasteiger partial charge in [-0.25, -0.2) is 0 Å². The Hall–Kier alpha value is -8.79. The van der Waals surface area contributed by atoms with Crippen LogP contribution in [0, 0.1) is 29.6 Å². The Bertz CT molecular complexity index is 3070. The summed E-state index contributed by atoms with van der Waals surface area (Å²) in [5.41, 5.74) is 14.1. The van der Waals surface area contributed by atoms with Crippen LogP contribution in [-0.2, 0) is 78.4 Å². The van der Waals surface area contributed by atoms with E-state index in [1.807, 2.05) is 32.0 Å². The first-order chi connectivity index (χ1) is 42.5. The van der Waals surface area contributed by atoms with Crippen molar-refractivity contribution >= 4 is 64.8 Å². The third kappa shape index (κ3) is 21.5. The van der Waals surface area contributed by atoms with Crippen LogP contribution in [0.2, 0.25) is 0 Å². The lowest BCUT2D eigenvalue weighted by atomic mass is 9.85. The zero-order valence-corrected chi connectivity index (χ0v) is 51.2. The molecular weight excluding hydrogens is 1140 g/mol. The Morgan fingerprint density at radius 1 is 0.562 bits per heavy atom. The van der Waals surface area contributed by atoms with Gasteiger partial charge in [0.2, 0.25) is 47.3 Å². The maximum Gasteiger partial charge on any atom is 0.303 e. The van der Waals surface area contributed by atoms with Crippen LogP contribution in [0.25, 0.3) is 0 Å². The molecule has 4 aromatic rings. The first-order valence-electron chi connectivity index (χ1n) is 30.8. The number of carbonyl (C=O) groups is 11. The number of Topliss-reactive ketones (excluding diaryl/α,β-unsaturated/α-hetero) is 2. The number of hydrogen-bond acceptors (Lipinski definition) is 13. The van der Waals surface area contributed by atoms with Gasteiger partial charge in [0.05, 0.1) is 24.5 Å². The van der Waals surface area contributed by atoms with Gasteiger partial charge in [0.15, 0.2) is 11.6 Å². The molecule has 4 aromatic carbocycles. The molecule has 2 heterocycles. The Balaban J connectivity index is 1.49. The number of phenols is 1. The standard InChI is InChI=1S/C67H87N9O13/c1-40(2)32-51-56(78)38-48(34-42-16-8-5-9-17-42)67(89)76-31-15-23-55(76)65(87)74-54(36-44-20-12-7-13-21-44)64(86)73-52(35-43-18-10-6-11-19-43)60(82)53(39-57(69)79)72-61(83)46(26-29-58(80)81)37-47(33-45-24-27-49(77)28-25-45)62(84)75-59(41(3)4)66(88)70-50(22-14-30-68)63(85)71-51/h5-13,16-21,24-25,27-28,40-41,46-48,50-55,59,77H,14-15,22-23,26,29-39,68H2,1-4H3,(H2,69,79)(H,70,88)(H,71,85)(H,72,83)(H,73,86)(H,74,87)(H,75,84)(H,80,81)/t46-,47-,48+,50+,51+,52-,53+,54+,55+,59+/m1/s1. The molecule has 22 nitrogen and oxygen atoms in total. The number of phenolic OH excluding ortho intramolecular Hbond substituents is 1. The molecule has 2 aliphatic rings. The number of carboxylic acid groups (broad SMARTS) is 1. The summed E-state index contributed by atoms with van der Waals surface area (Å²) < 4.78 is 0. The van der Waals surface area contributed by atoms with E-state index in [1.54, 1.807) is 98.8 Å². The lowest BCUT2D eigenvalue weighted by Gasteiger charge is -2.31. The second-order valence-electron chi connectivity index (χ2n) is 24.2. The average Bonchev–Trinajstić information content (AvgIpc) is 3.53. The van der Waals surface area contributed by atoms with E-state index in [4.69, 9.17) is 11.5 Å². The van der Waals surface area contributed by atoms with Gasteiger partial charge >= 0.3 is 5.97 Å². The Kier molecular flexibility index (Phi) is 26.6. The molecule has 2 fully saturated rings. The molecule has 0 spiro atoms. The number of primary amides is 1. The lowest BCUT2D eigenvalue weighted by molar-refractivity contribution is -0.144. The number of hydrogen-bond donors (Lipinski definition) is 10. The molecule has 0 radical (unpaired) electrons. The van der Waals surface area contributed by atoms with Gasteiger partial charge in [-0.2, -0.15) is 0 Å². The molecule has 2 aliphatic heterocycles. The highest BCUT2D eigenvalue weighted by Gasteiger charge is 2.42. The fourth-order valence-electron chi connectivity index (χ4n) is 11.6. The summed E-state index contributed by atoms with van der Waals surface area (Å²) in [6.45, 7) is 7.31. The molecule has 8 amide bonds. The van der Waals surface area contributed by atoms with E-state index < -0.39 is 144 Å². The minimum atomic E-state index is -1.74. The second-order valence-corrected chi connectivity index (χ2v) is 24.2. The summed E-state index contributed by atoms with van der Waals surface area (Å²) in [4.78, 5) is 161. The van der Waals surface area contributed by atoms with Crippen LogP contribution in [0.1, 0.15) is 114 Å². The predicted molar refractivity (Wildman–Crippen MR) is 332 cm³/mol. The number of nitrogens with zero attached hydrogens (tertiary/aromatic N) is 1. The van der Waals surface area contributed by atoms with Crippen molar-refractivity contribution in [1.29, 1.82) is 0 Å². The predicted octanol–water partition coefficient (Wildman–Crippen LogP) is 3.52. The summed E-state index contributed by atoms with van der Waals surface area (Å²) in [5.74, 6) is -13.4. The van der Waals surface area contributed by atoms with Crippen molar-refractivity contribution in [2.45, 2.75) is 160 Å². The molecule has 478 valence electrons. The molecule has 0 aromatic heterocycles. The Morgan fingerprint density at radius 3 is 1.63 bits per heavy atom. The van der Waals surface area contributed by atoms with Crippen LogP contribution in [0.3, 0.4) is 0 Å². The number of benzene rings is 4. The van der Waals surface area contributed by atoms with Gasteiger partial charge in [0.1, 0.15) is 29.9 Å². The highest BCUT2D eigenvalue weighted by atomic mass is 16.4. The quantitative estimate of drug-likeness (QED) is 0.0643. The summed E-state index contributed by atoms with van der Waals surface area (Å²) >= 11 is 0. The molecule has 89 heavy (non-hydrogen) atoms. The van der Waals surface area contributed by atoms with E-state index in [2.05, 4.69) is 31.9 Å². The van der Waals surface area contributed by atoms with Gasteiger partial charge < -0.3 is 58.5 Å². The van der Waals surface area contributed by atoms with Crippen molar-refractivity contribution in [1.82, 2.24) is 36.8 Å². The van der Waals surface area contributed by atoms with Gasteiger partial charge in [-0.15, -0.1) is 0 Å². The van der Waals surface area contributed by atoms with Gasteiger partial charge in [-0.3, -0.25) is 52.7 Å². The third-order valence-corrected chi connectivity index (χ3v) is 16.3. The maximum absolute atomic E-state index is 15.2. The molecule has 0 saturated carbocycles. The summed E-state index contributed by atoms with van der Waals surface area (Å²) in [5, 5.41) is 37.0.